The minimum Gasteiger partial charge on any atom is -0.434 e. The summed E-state index contributed by atoms with van der Waals surface area (Å²) in [6, 6.07) is 4.28. The number of nitrogens with zero attached hydrogens (tertiary/aromatic N) is 3. The molecular weight excluding hydrogens is 319 g/mol. The van der Waals surface area contributed by atoms with Gasteiger partial charge >= 0.3 is 0 Å². The Bertz CT molecular complexity index is 619. The number of ether oxygens (including phenoxy) is 1. The van der Waals surface area contributed by atoms with Gasteiger partial charge in [0, 0.05) is 4.47 Å². The monoisotopic (exact) mass is 326 g/mol. The van der Waals surface area contributed by atoms with E-state index in [-0.39, 0.29) is 23.2 Å². The molecule has 6 nitrogen and oxygen atoms in total. The van der Waals surface area contributed by atoms with E-state index in [0.29, 0.717) is 4.47 Å². The molecule has 0 aliphatic carbocycles. The van der Waals surface area contributed by atoms with Gasteiger partial charge in [-0.25, -0.2) is 14.4 Å². The van der Waals surface area contributed by atoms with Crippen LogP contribution in [0, 0.1) is 5.82 Å². The second-order valence-electron chi connectivity index (χ2n) is 3.40. The topological polar surface area (TPSA) is 93.6 Å². The Hall–Kier alpha value is -2.22. The van der Waals surface area contributed by atoms with Crippen molar-refractivity contribution < 1.29 is 14.3 Å². The van der Waals surface area contributed by atoms with E-state index < -0.39 is 5.82 Å². The summed E-state index contributed by atoms with van der Waals surface area (Å²) in [5.74, 6) is -0.593. The highest BCUT2D eigenvalue weighted by Crippen LogP contribution is 2.26. The summed E-state index contributed by atoms with van der Waals surface area (Å²) in [4.78, 5) is 7.74. The molecule has 0 aliphatic rings. The van der Waals surface area contributed by atoms with Gasteiger partial charge in [-0.15, -0.1) is 0 Å². The average molecular weight is 327 g/mol. The van der Waals surface area contributed by atoms with Crippen LogP contribution in [0.5, 0.6) is 11.6 Å². The molecule has 0 fully saturated rings. The number of hydrogen-bond donors (Lipinski definition) is 2. The molecule has 1 aromatic heterocycles. The zero-order valence-electron chi connectivity index (χ0n) is 9.42. The Balaban J connectivity index is 2.22. The van der Waals surface area contributed by atoms with Crippen LogP contribution in [0.2, 0.25) is 0 Å². The van der Waals surface area contributed by atoms with E-state index in [2.05, 4.69) is 31.1 Å². The van der Waals surface area contributed by atoms with Crippen molar-refractivity contribution >= 4 is 21.8 Å². The van der Waals surface area contributed by atoms with E-state index >= 15 is 0 Å². The molecule has 98 valence electrons. The minimum atomic E-state index is -0.523. The predicted molar refractivity (Wildman–Crippen MR) is 68.7 cm³/mol. The third-order valence-corrected chi connectivity index (χ3v) is 2.60. The molecule has 0 radical (unpaired) electrons. The fourth-order valence-corrected chi connectivity index (χ4v) is 1.56. The van der Waals surface area contributed by atoms with Crippen LogP contribution < -0.4 is 10.5 Å². The second kappa shape index (κ2) is 5.61. The summed E-state index contributed by atoms with van der Waals surface area (Å²) >= 11 is 3.21. The van der Waals surface area contributed by atoms with Crippen LogP contribution in [0.25, 0.3) is 0 Å². The molecule has 0 unspecified atom stereocenters. The quantitative estimate of drug-likeness (QED) is 0.390. The van der Waals surface area contributed by atoms with Crippen molar-refractivity contribution in [3.05, 3.63) is 46.6 Å². The molecule has 0 saturated carbocycles. The molecule has 1 aromatic carbocycles. The lowest BCUT2D eigenvalue weighted by molar-refractivity contribution is 0.318. The molecule has 1 heterocycles. The molecule has 19 heavy (non-hydrogen) atoms. The Morgan fingerprint density at radius 3 is 2.79 bits per heavy atom. The van der Waals surface area contributed by atoms with Gasteiger partial charge < -0.3 is 15.7 Å². The molecule has 3 N–H and O–H groups in total. The van der Waals surface area contributed by atoms with Crippen molar-refractivity contribution in [3.8, 4) is 11.6 Å². The number of halogens is 2. The van der Waals surface area contributed by atoms with Gasteiger partial charge in [-0.05, 0) is 18.2 Å². The number of nitrogens with two attached hydrogens (primary N) is 1. The number of oxime groups is 1. The van der Waals surface area contributed by atoms with Crippen LogP contribution in [0.3, 0.4) is 0 Å². The third kappa shape index (κ3) is 3.16. The molecule has 8 heteroatoms. The van der Waals surface area contributed by atoms with Crippen LogP contribution >= 0.6 is 15.9 Å². The first-order valence-corrected chi connectivity index (χ1v) is 5.82. The summed E-state index contributed by atoms with van der Waals surface area (Å²) in [5, 5.41) is 11.3. The maximum Gasteiger partial charge on any atom is 0.238 e. The second-order valence-corrected chi connectivity index (χ2v) is 4.32. The SMILES string of the molecule is N/C(=N/O)c1cnc(Oc2cc(Br)ccc2F)cn1. The number of benzene rings is 1. The number of rotatable bonds is 3. The molecule has 2 rings (SSSR count). The van der Waals surface area contributed by atoms with Crippen molar-refractivity contribution in [2.75, 3.05) is 0 Å². The van der Waals surface area contributed by atoms with Crippen LogP contribution in [-0.2, 0) is 0 Å². The van der Waals surface area contributed by atoms with Gasteiger partial charge in [0.15, 0.2) is 17.4 Å². The summed E-state index contributed by atoms with van der Waals surface area (Å²) in [6.07, 6.45) is 2.49. The zero-order valence-corrected chi connectivity index (χ0v) is 11.0. The Morgan fingerprint density at radius 2 is 2.16 bits per heavy atom. The van der Waals surface area contributed by atoms with Crippen molar-refractivity contribution in [1.29, 1.82) is 0 Å². The largest absolute Gasteiger partial charge is 0.434 e. The van der Waals surface area contributed by atoms with Gasteiger partial charge in [0.1, 0.15) is 5.69 Å². The molecule has 0 saturated heterocycles. The molecule has 0 atom stereocenters. The summed E-state index contributed by atoms with van der Waals surface area (Å²) in [6.45, 7) is 0. The first-order valence-electron chi connectivity index (χ1n) is 5.03. The van der Waals surface area contributed by atoms with E-state index in [4.69, 9.17) is 15.7 Å². The maximum absolute atomic E-state index is 13.5. The van der Waals surface area contributed by atoms with Crippen LogP contribution in [0.1, 0.15) is 5.69 Å². The standard InChI is InChI=1S/C11H8BrFN4O2/c12-6-1-2-7(13)9(3-6)19-10-5-15-8(4-16-10)11(14)17-18/h1-5,18H,(H2,14,17). The fourth-order valence-electron chi connectivity index (χ4n) is 1.22. The maximum atomic E-state index is 13.5. The van der Waals surface area contributed by atoms with E-state index in [1.807, 2.05) is 0 Å². The van der Waals surface area contributed by atoms with Crippen LogP contribution in [0.4, 0.5) is 4.39 Å². The van der Waals surface area contributed by atoms with Gasteiger partial charge in [0.05, 0.1) is 12.4 Å². The lowest BCUT2D eigenvalue weighted by atomic mass is 10.3. The van der Waals surface area contributed by atoms with Gasteiger partial charge in [0.25, 0.3) is 0 Å². The molecule has 0 bridgehead atoms. The van der Waals surface area contributed by atoms with Crippen molar-refractivity contribution in [2.24, 2.45) is 10.9 Å². The van der Waals surface area contributed by atoms with Crippen molar-refractivity contribution in [3.63, 3.8) is 0 Å². The lowest BCUT2D eigenvalue weighted by Gasteiger charge is -2.06. The Kier molecular flexibility index (Phi) is 3.91. The highest BCUT2D eigenvalue weighted by atomic mass is 79.9. The van der Waals surface area contributed by atoms with Crippen LogP contribution in [0.15, 0.2) is 40.2 Å². The number of hydrogen-bond acceptors (Lipinski definition) is 5. The Morgan fingerprint density at radius 1 is 1.37 bits per heavy atom. The third-order valence-electron chi connectivity index (χ3n) is 2.11. The molecule has 0 amide bonds. The van der Waals surface area contributed by atoms with Crippen molar-refractivity contribution in [2.45, 2.75) is 0 Å². The summed E-state index contributed by atoms with van der Waals surface area (Å²) in [7, 11) is 0. The van der Waals surface area contributed by atoms with E-state index in [0.717, 1.165) is 0 Å². The lowest BCUT2D eigenvalue weighted by Crippen LogP contribution is -2.15. The van der Waals surface area contributed by atoms with E-state index in [1.54, 1.807) is 6.07 Å². The van der Waals surface area contributed by atoms with Crippen LogP contribution in [-0.4, -0.2) is 21.0 Å². The molecule has 0 aliphatic heterocycles. The average Bonchev–Trinajstić information content (AvgIpc) is 2.43. The highest BCUT2D eigenvalue weighted by molar-refractivity contribution is 9.10. The summed E-state index contributed by atoms with van der Waals surface area (Å²) < 4.78 is 19.4. The number of aromatic nitrogens is 2. The number of amidine groups is 1. The highest BCUT2D eigenvalue weighted by Gasteiger charge is 2.08. The summed E-state index contributed by atoms with van der Waals surface area (Å²) in [5.41, 5.74) is 5.52. The first-order chi connectivity index (χ1) is 9.10. The molecule has 2 aromatic rings. The zero-order chi connectivity index (χ0) is 13.8. The minimum absolute atomic E-state index is 0.0141. The Labute approximate surface area is 115 Å². The van der Waals surface area contributed by atoms with E-state index in [9.17, 15) is 4.39 Å². The first kappa shape index (κ1) is 13.2. The molecule has 0 spiro atoms. The van der Waals surface area contributed by atoms with Gasteiger partial charge in [0.2, 0.25) is 5.88 Å². The van der Waals surface area contributed by atoms with Crippen molar-refractivity contribution in [1.82, 2.24) is 9.97 Å². The van der Waals surface area contributed by atoms with Gasteiger partial charge in [-0.1, -0.05) is 21.1 Å². The normalized spacial score (nSPS) is 11.4. The van der Waals surface area contributed by atoms with E-state index in [1.165, 1.54) is 24.5 Å². The smallest absolute Gasteiger partial charge is 0.238 e. The fraction of sp³-hybridized carbons (Fsp3) is 0. The van der Waals surface area contributed by atoms with Gasteiger partial charge in [-0.3, -0.25) is 0 Å². The molecular formula is C11H8BrFN4O2. The predicted octanol–water partition coefficient (Wildman–Crippen LogP) is 2.26. The van der Waals surface area contributed by atoms with Gasteiger partial charge in [-0.2, -0.15) is 0 Å².